The molecule has 7 heteroatoms. The molecular formula is C19H22N2O5. The molecule has 0 saturated carbocycles. The fourth-order valence-corrected chi connectivity index (χ4v) is 2.46. The van der Waals surface area contributed by atoms with Crippen molar-refractivity contribution >= 4 is 23.5 Å². The van der Waals surface area contributed by atoms with Crippen molar-refractivity contribution in [2.75, 3.05) is 18.5 Å². The minimum atomic E-state index is -0.675. The van der Waals surface area contributed by atoms with Crippen LogP contribution in [0.3, 0.4) is 0 Å². The Hall–Kier alpha value is -3.09. The van der Waals surface area contributed by atoms with Gasteiger partial charge in [0.25, 0.3) is 5.91 Å². The molecule has 2 rings (SSSR count). The summed E-state index contributed by atoms with van der Waals surface area (Å²) >= 11 is 0. The molecule has 0 fully saturated rings. The van der Waals surface area contributed by atoms with E-state index in [1.807, 2.05) is 19.1 Å². The summed E-state index contributed by atoms with van der Waals surface area (Å²) in [6.07, 6.45) is 0. The molecule has 138 valence electrons. The summed E-state index contributed by atoms with van der Waals surface area (Å²) in [5.74, 6) is -1.86. The van der Waals surface area contributed by atoms with Gasteiger partial charge in [0.1, 0.15) is 11.4 Å². The molecule has 1 amide bonds. The molecule has 0 bridgehead atoms. The highest BCUT2D eigenvalue weighted by Gasteiger charge is 2.29. The molecule has 0 unspecified atom stereocenters. The maximum Gasteiger partial charge on any atom is 0.355 e. The number of amides is 1. The van der Waals surface area contributed by atoms with E-state index in [1.165, 1.54) is 0 Å². The Bertz CT molecular complexity index is 821. The molecule has 0 saturated heterocycles. The van der Waals surface area contributed by atoms with Crippen LogP contribution in [-0.4, -0.2) is 36.0 Å². The van der Waals surface area contributed by atoms with Gasteiger partial charge in [-0.05, 0) is 45.4 Å². The second-order valence-electron chi connectivity index (χ2n) is 5.64. The van der Waals surface area contributed by atoms with E-state index in [0.717, 1.165) is 5.56 Å². The maximum absolute atomic E-state index is 12.7. The first-order valence-corrected chi connectivity index (χ1v) is 8.33. The van der Waals surface area contributed by atoms with Gasteiger partial charge in [0.2, 0.25) is 0 Å². The number of benzene rings is 1. The lowest BCUT2D eigenvalue weighted by atomic mass is 10.1. The third kappa shape index (κ3) is 4.11. The van der Waals surface area contributed by atoms with E-state index < -0.39 is 17.8 Å². The van der Waals surface area contributed by atoms with Gasteiger partial charge in [-0.2, -0.15) is 0 Å². The average molecular weight is 358 g/mol. The van der Waals surface area contributed by atoms with Crippen molar-refractivity contribution < 1.29 is 23.9 Å². The van der Waals surface area contributed by atoms with Crippen molar-refractivity contribution in [3.63, 3.8) is 0 Å². The van der Waals surface area contributed by atoms with Crippen molar-refractivity contribution in [3.8, 4) is 0 Å². The van der Waals surface area contributed by atoms with E-state index in [1.54, 1.807) is 32.9 Å². The van der Waals surface area contributed by atoms with Crippen molar-refractivity contribution in [3.05, 3.63) is 52.3 Å². The summed E-state index contributed by atoms with van der Waals surface area (Å²) < 4.78 is 10.0. The predicted molar refractivity (Wildman–Crippen MR) is 96.6 cm³/mol. The van der Waals surface area contributed by atoms with Crippen LogP contribution in [0.1, 0.15) is 56.3 Å². The summed E-state index contributed by atoms with van der Waals surface area (Å²) in [6, 6.07) is 7.20. The highest BCUT2D eigenvalue weighted by molar-refractivity contribution is 6.12. The van der Waals surface area contributed by atoms with Crippen LogP contribution >= 0.6 is 0 Å². The number of aromatic nitrogens is 1. The molecule has 1 aromatic heterocycles. The number of hydrogen-bond donors (Lipinski definition) is 2. The molecule has 7 nitrogen and oxygen atoms in total. The number of esters is 2. The van der Waals surface area contributed by atoms with Gasteiger partial charge in [-0.3, -0.25) is 4.79 Å². The van der Waals surface area contributed by atoms with Gasteiger partial charge in [-0.15, -0.1) is 0 Å². The van der Waals surface area contributed by atoms with Gasteiger partial charge in [-0.25, -0.2) is 9.59 Å². The van der Waals surface area contributed by atoms with Crippen LogP contribution in [0.25, 0.3) is 0 Å². The van der Waals surface area contributed by atoms with Crippen LogP contribution in [-0.2, 0) is 9.47 Å². The number of aromatic amines is 1. The lowest BCUT2D eigenvalue weighted by Gasteiger charge is -2.07. The van der Waals surface area contributed by atoms with Crippen molar-refractivity contribution in [2.45, 2.75) is 27.7 Å². The Labute approximate surface area is 151 Å². The third-order valence-electron chi connectivity index (χ3n) is 3.75. The van der Waals surface area contributed by atoms with E-state index >= 15 is 0 Å². The normalized spacial score (nSPS) is 10.3. The van der Waals surface area contributed by atoms with E-state index in [0.29, 0.717) is 11.3 Å². The summed E-state index contributed by atoms with van der Waals surface area (Å²) in [5, 5.41) is 2.70. The highest BCUT2D eigenvalue weighted by atomic mass is 16.5. The number of hydrogen-bond acceptors (Lipinski definition) is 5. The molecule has 0 aliphatic rings. The second kappa shape index (κ2) is 8.33. The molecule has 0 atom stereocenters. The van der Waals surface area contributed by atoms with Gasteiger partial charge < -0.3 is 19.8 Å². The Balaban J connectivity index is 2.42. The molecule has 2 N–H and O–H groups in total. The average Bonchev–Trinajstić information content (AvgIpc) is 2.95. The summed E-state index contributed by atoms with van der Waals surface area (Å²) in [6.45, 7) is 7.17. The summed E-state index contributed by atoms with van der Waals surface area (Å²) in [4.78, 5) is 39.8. The molecule has 0 aliphatic heterocycles. The van der Waals surface area contributed by atoms with Crippen LogP contribution < -0.4 is 5.32 Å². The van der Waals surface area contributed by atoms with Crippen LogP contribution in [0.5, 0.6) is 0 Å². The quantitative estimate of drug-likeness (QED) is 0.773. The molecule has 26 heavy (non-hydrogen) atoms. The van der Waals surface area contributed by atoms with Gasteiger partial charge in [0, 0.05) is 5.69 Å². The number of nitrogens with one attached hydrogen (secondary N) is 2. The first kappa shape index (κ1) is 19.2. The highest BCUT2D eigenvalue weighted by Crippen LogP contribution is 2.22. The number of carbonyl (C=O) groups is 3. The SMILES string of the molecule is CCOC(=O)c1[nH]c(C(=O)Nc2ccc(C)cc2)c(C(=O)OCC)c1C. The topological polar surface area (TPSA) is 97.5 Å². The number of anilines is 1. The Morgan fingerprint density at radius 2 is 1.50 bits per heavy atom. The zero-order chi connectivity index (χ0) is 19.3. The lowest BCUT2D eigenvalue weighted by molar-refractivity contribution is 0.0517. The van der Waals surface area contributed by atoms with Crippen LogP contribution in [0.2, 0.25) is 0 Å². The van der Waals surface area contributed by atoms with Crippen LogP contribution in [0.4, 0.5) is 5.69 Å². The predicted octanol–water partition coefficient (Wildman–Crippen LogP) is 3.24. The monoisotopic (exact) mass is 358 g/mol. The minimum Gasteiger partial charge on any atom is -0.462 e. The number of aryl methyl sites for hydroxylation is 1. The summed E-state index contributed by atoms with van der Waals surface area (Å²) in [5.41, 5.74) is 1.99. The van der Waals surface area contributed by atoms with E-state index in [9.17, 15) is 14.4 Å². The third-order valence-corrected chi connectivity index (χ3v) is 3.75. The number of H-pyrrole nitrogens is 1. The zero-order valence-corrected chi connectivity index (χ0v) is 15.3. The second-order valence-corrected chi connectivity index (χ2v) is 5.64. The molecular weight excluding hydrogens is 336 g/mol. The molecule has 0 radical (unpaired) electrons. The van der Waals surface area contributed by atoms with Crippen LogP contribution in [0, 0.1) is 13.8 Å². The Kier molecular flexibility index (Phi) is 6.16. The smallest absolute Gasteiger partial charge is 0.355 e. The van der Waals surface area contributed by atoms with Gasteiger partial charge in [0.15, 0.2) is 0 Å². The fourth-order valence-electron chi connectivity index (χ4n) is 2.46. The van der Waals surface area contributed by atoms with Crippen molar-refractivity contribution in [1.82, 2.24) is 4.98 Å². The molecule has 0 spiro atoms. The van der Waals surface area contributed by atoms with Crippen molar-refractivity contribution in [1.29, 1.82) is 0 Å². The number of rotatable bonds is 6. The van der Waals surface area contributed by atoms with Gasteiger partial charge in [0.05, 0.1) is 18.8 Å². The first-order chi connectivity index (χ1) is 12.4. The molecule has 1 aromatic carbocycles. The molecule has 0 aliphatic carbocycles. The minimum absolute atomic E-state index is 0.0273. The maximum atomic E-state index is 12.7. The Morgan fingerprint density at radius 3 is 2.08 bits per heavy atom. The zero-order valence-electron chi connectivity index (χ0n) is 15.3. The van der Waals surface area contributed by atoms with Gasteiger partial charge >= 0.3 is 11.9 Å². The first-order valence-electron chi connectivity index (χ1n) is 8.33. The van der Waals surface area contributed by atoms with E-state index in [2.05, 4.69) is 10.3 Å². The largest absolute Gasteiger partial charge is 0.462 e. The molecule has 2 aromatic rings. The summed E-state index contributed by atoms with van der Waals surface area (Å²) in [7, 11) is 0. The van der Waals surface area contributed by atoms with E-state index in [-0.39, 0.29) is 30.2 Å². The number of ether oxygens (including phenoxy) is 2. The number of carbonyl (C=O) groups excluding carboxylic acids is 3. The Morgan fingerprint density at radius 1 is 0.923 bits per heavy atom. The van der Waals surface area contributed by atoms with Crippen LogP contribution in [0.15, 0.2) is 24.3 Å². The van der Waals surface area contributed by atoms with Crippen molar-refractivity contribution in [2.24, 2.45) is 0 Å². The fraction of sp³-hybridized carbons (Fsp3) is 0.316. The standard InChI is InChI=1S/C19H22N2O5/c1-5-25-18(23)14-12(4)15(19(24)26-6-2)21-16(14)17(22)20-13-9-7-11(3)8-10-13/h7-10,21H,5-6H2,1-4H3,(H,20,22). The van der Waals surface area contributed by atoms with Gasteiger partial charge in [-0.1, -0.05) is 17.7 Å². The van der Waals surface area contributed by atoms with E-state index in [4.69, 9.17) is 9.47 Å². The molecule has 1 heterocycles. The lowest BCUT2D eigenvalue weighted by Crippen LogP contribution is -2.17.